The minimum atomic E-state index is -0.747. The molecule has 0 aliphatic rings. The fourth-order valence-corrected chi connectivity index (χ4v) is 3.08. The Bertz CT molecular complexity index is 1150. The zero-order valence-corrected chi connectivity index (χ0v) is 14.8. The van der Waals surface area contributed by atoms with Crippen LogP contribution in [0.2, 0.25) is 0 Å². The van der Waals surface area contributed by atoms with Gasteiger partial charge in [-0.3, -0.25) is 9.59 Å². The topological polar surface area (TPSA) is 64.0 Å². The molecule has 0 aliphatic heterocycles. The van der Waals surface area contributed by atoms with Crippen LogP contribution in [-0.2, 0) is 11.3 Å². The largest absolute Gasteiger partial charge is 0.342 e. The molecule has 0 spiro atoms. The van der Waals surface area contributed by atoms with Crippen molar-refractivity contribution < 1.29 is 14.0 Å². The summed E-state index contributed by atoms with van der Waals surface area (Å²) < 4.78 is 15.0. The minimum Gasteiger partial charge on any atom is -0.342 e. The summed E-state index contributed by atoms with van der Waals surface area (Å²) in [6.07, 6.45) is 3.20. The number of ketones is 1. The molecule has 2 aromatic carbocycles. The van der Waals surface area contributed by atoms with Gasteiger partial charge in [0.1, 0.15) is 11.6 Å². The van der Waals surface area contributed by atoms with Crippen molar-refractivity contribution in [3.8, 4) is 0 Å². The van der Waals surface area contributed by atoms with Crippen LogP contribution in [0.4, 0.5) is 10.2 Å². The van der Waals surface area contributed by atoms with E-state index in [4.69, 9.17) is 0 Å². The molecule has 1 N–H and O–H groups in total. The van der Waals surface area contributed by atoms with Crippen LogP contribution in [0.1, 0.15) is 15.9 Å². The summed E-state index contributed by atoms with van der Waals surface area (Å²) in [5, 5.41) is 3.21. The summed E-state index contributed by atoms with van der Waals surface area (Å²) in [5.74, 6) is -1.37. The van der Waals surface area contributed by atoms with E-state index in [9.17, 15) is 14.0 Å². The fraction of sp³-hybridized carbons (Fsp3) is 0.0455. The second-order valence-electron chi connectivity index (χ2n) is 6.31. The fourth-order valence-electron chi connectivity index (χ4n) is 3.08. The van der Waals surface area contributed by atoms with Crippen LogP contribution >= 0.6 is 0 Å². The van der Waals surface area contributed by atoms with Crippen LogP contribution in [0.5, 0.6) is 0 Å². The third-order valence-corrected chi connectivity index (χ3v) is 4.41. The highest BCUT2D eigenvalue weighted by Gasteiger charge is 2.22. The maximum atomic E-state index is 13.2. The molecule has 0 unspecified atom stereocenters. The summed E-state index contributed by atoms with van der Waals surface area (Å²) in [7, 11) is 0. The van der Waals surface area contributed by atoms with Crippen LogP contribution in [0.25, 0.3) is 10.9 Å². The van der Waals surface area contributed by atoms with E-state index in [1.54, 1.807) is 42.6 Å². The molecule has 0 radical (unpaired) electrons. The Labute approximate surface area is 160 Å². The van der Waals surface area contributed by atoms with Gasteiger partial charge in [0.2, 0.25) is 0 Å². The molecule has 1 amide bonds. The Kier molecular flexibility index (Phi) is 4.68. The van der Waals surface area contributed by atoms with Gasteiger partial charge in [0, 0.05) is 29.8 Å². The zero-order valence-electron chi connectivity index (χ0n) is 14.8. The number of para-hydroxylation sites is 1. The van der Waals surface area contributed by atoms with Crippen molar-refractivity contribution in [2.75, 3.05) is 5.32 Å². The Morgan fingerprint density at radius 2 is 1.71 bits per heavy atom. The second-order valence-corrected chi connectivity index (χ2v) is 6.31. The third kappa shape index (κ3) is 3.53. The highest BCUT2D eigenvalue weighted by molar-refractivity contribution is 6.48. The maximum absolute atomic E-state index is 13.2. The minimum absolute atomic E-state index is 0.303. The molecular formula is C22H16FN3O2. The molecule has 0 fully saturated rings. The van der Waals surface area contributed by atoms with Crippen molar-refractivity contribution in [2.45, 2.75) is 6.54 Å². The van der Waals surface area contributed by atoms with E-state index in [0.717, 1.165) is 11.1 Å². The number of hydrogen-bond acceptors (Lipinski definition) is 3. The summed E-state index contributed by atoms with van der Waals surface area (Å²) in [5.41, 5.74) is 2.02. The Hall–Kier alpha value is -3.80. The van der Waals surface area contributed by atoms with Gasteiger partial charge in [-0.2, -0.15) is 0 Å². The lowest BCUT2D eigenvalue weighted by Gasteiger charge is -2.05. The average molecular weight is 373 g/mol. The van der Waals surface area contributed by atoms with Gasteiger partial charge in [-0.1, -0.05) is 36.4 Å². The first-order valence-corrected chi connectivity index (χ1v) is 8.71. The molecule has 2 aromatic heterocycles. The van der Waals surface area contributed by atoms with Crippen LogP contribution in [0.3, 0.4) is 0 Å². The first-order chi connectivity index (χ1) is 13.6. The number of rotatable bonds is 5. The van der Waals surface area contributed by atoms with E-state index in [1.807, 2.05) is 22.8 Å². The summed E-state index contributed by atoms with van der Waals surface area (Å²) >= 11 is 0. The molecule has 4 rings (SSSR count). The number of halogens is 1. The predicted octanol–water partition coefficient (Wildman–Crippen LogP) is 4.05. The smallest absolute Gasteiger partial charge is 0.298 e. The Morgan fingerprint density at radius 1 is 0.964 bits per heavy atom. The Morgan fingerprint density at radius 3 is 2.46 bits per heavy atom. The van der Waals surface area contributed by atoms with E-state index >= 15 is 0 Å². The van der Waals surface area contributed by atoms with Crippen LogP contribution in [0.15, 0.2) is 79.1 Å². The number of pyridine rings is 1. The van der Waals surface area contributed by atoms with Gasteiger partial charge < -0.3 is 9.88 Å². The van der Waals surface area contributed by atoms with Gasteiger partial charge in [0.15, 0.2) is 0 Å². The van der Waals surface area contributed by atoms with Crippen molar-refractivity contribution in [2.24, 2.45) is 0 Å². The molecule has 2 heterocycles. The number of carbonyl (C=O) groups excluding carboxylic acids is 2. The number of carbonyl (C=O) groups is 2. The normalized spacial score (nSPS) is 10.8. The summed E-state index contributed by atoms with van der Waals surface area (Å²) in [6, 6.07) is 18.6. The first-order valence-electron chi connectivity index (χ1n) is 8.71. The van der Waals surface area contributed by atoms with E-state index in [0.29, 0.717) is 23.3 Å². The molecule has 0 bridgehead atoms. The zero-order chi connectivity index (χ0) is 19.5. The van der Waals surface area contributed by atoms with Gasteiger partial charge in [-0.15, -0.1) is 0 Å². The van der Waals surface area contributed by atoms with E-state index < -0.39 is 11.7 Å². The van der Waals surface area contributed by atoms with Crippen molar-refractivity contribution in [1.82, 2.24) is 9.55 Å². The number of benzene rings is 2. The van der Waals surface area contributed by atoms with Crippen LogP contribution in [0, 0.1) is 5.82 Å². The Balaban J connectivity index is 1.66. The van der Waals surface area contributed by atoms with Gasteiger partial charge >= 0.3 is 0 Å². The number of anilines is 1. The number of nitrogens with one attached hydrogen (secondary N) is 1. The lowest BCUT2D eigenvalue weighted by molar-refractivity contribution is -0.112. The third-order valence-electron chi connectivity index (χ3n) is 4.41. The van der Waals surface area contributed by atoms with Crippen molar-refractivity contribution >= 4 is 28.4 Å². The van der Waals surface area contributed by atoms with Gasteiger partial charge in [0.25, 0.3) is 11.7 Å². The number of amides is 1. The van der Waals surface area contributed by atoms with Crippen LogP contribution in [-0.4, -0.2) is 21.2 Å². The number of hydrogen-bond donors (Lipinski definition) is 1. The number of aromatic nitrogens is 2. The predicted molar refractivity (Wildman–Crippen MR) is 105 cm³/mol. The molecule has 5 nitrogen and oxygen atoms in total. The molecule has 138 valence electrons. The summed E-state index contributed by atoms with van der Waals surface area (Å²) in [4.78, 5) is 29.2. The summed E-state index contributed by atoms with van der Waals surface area (Å²) in [6.45, 7) is 0.454. The molecule has 4 aromatic rings. The standard InChI is InChI=1S/C22H16FN3O2/c23-16-10-8-15(9-11-16)13-26-14-18(17-5-1-2-6-19(17)26)21(27)22(28)25-20-7-3-4-12-24-20/h1-12,14H,13H2,(H,24,25,28). The molecule has 6 heteroatoms. The lowest BCUT2D eigenvalue weighted by atomic mass is 10.1. The monoisotopic (exact) mass is 373 g/mol. The van der Waals surface area contributed by atoms with Gasteiger partial charge in [-0.25, -0.2) is 9.37 Å². The molecule has 0 aliphatic carbocycles. The van der Waals surface area contributed by atoms with Crippen molar-refractivity contribution in [3.05, 3.63) is 96.1 Å². The van der Waals surface area contributed by atoms with E-state index in [2.05, 4.69) is 10.3 Å². The molecule has 28 heavy (non-hydrogen) atoms. The maximum Gasteiger partial charge on any atom is 0.298 e. The SMILES string of the molecule is O=C(Nc1ccccn1)C(=O)c1cn(Cc2ccc(F)cc2)c2ccccc12. The molecule has 0 saturated heterocycles. The van der Waals surface area contributed by atoms with E-state index in [1.165, 1.54) is 18.3 Å². The average Bonchev–Trinajstić information content (AvgIpc) is 3.08. The van der Waals surface area contributed by atoms with Crippen molar-refractivity contribution in [1.29, 1.82) is 0 Å². The number of Topliss-reactive ketones (excluding diaryl/α,β-unsaturated/α-hetero) is 1. The number of fused-ring (bicyclic) bond motifs is 1. The van der Waals surface area contributed by atoms with Gasteiger partial charge in [-0.05, 0) is 35.9 Å². The second kappa shape index (κ2) is 7.44. The molecule has 0 saturated carbocycles. The molecular weight excluding hydrogens is 357 g/mol. The van der Waals surface area contributed by atoms with Gasteiger partial charge in [0.05, 0.1) is 5.56 Å². The molecule has 0 atom stereocenters. The van der Waals surface area contributed by atoms with E-state index in [-0.39, 0.29) is 5.82 Å². The highest BCUT2D eigenvalue weighted by atomic mass is 19.1. The van der Waals surface area contributed by atoms with Crippen molar-refractivity contribution in [3.63, 3.8) is 0 Å². The first kappa shape index (κ1) is 17.6. The number of nitrogens with zero attached hydrogens (tertiary/aromatic N) is 2. The highest BCUT2D eigenvalue weighted by Crippen LogP contribution is 2.23. The quantitative estimate of drug-likeness (QED) is 0.424. The van der Waals surface area contributed by atoms with Crippen LogP contribution < -0.4 is 5.32 Å². The lowest BCUT2D eigenvalue weighted by Crippen LogP contribution is -2.23.